The third-order valence-corrected chi connectivity index (χ3v) is 5.36. The summed E-state index contributed by atoms with van der Waals surface area (Å²) in [5, 5.41) is 0. The molecule has 3 heteroatoms. The number of pyridine rings is 2. The molecule has 0 radical (unpaired) electrons. The van der Waals surface area contributed by atoms with Crippen molar-refractivity contribution in [2.45, 2.75) is 0 Å². The van der Waals surface area contributed by atoms with Crippen molar-refractivity contribution in [2.75, 3.05) is 4.90 Å². The summed E-state index contributed by atoms with van der Waals surface area (Å²) in [5.74, 6) is 0. The molecule has 0 saturated heterocycles. The number of nitrogens with zero attached hydrogens (tertiary/aromatic N) is 3. The quantitative estimate of drug-likeness (QED) is 0.278. The Labute approximate surface area is 194 Å². The third kappa shape index (κ3) is 4.89. The number of aromatic nitrogens is 2. The van der Waals surface area contributed by atoms with Gasteiger partial charge >= 0.3 is 0 Å². The maximum Gasteiger partial charge on any atom is 0.0892 e. The Morgan fingerprint density at radius 3 is 1.67 bits per heavy atom. The number of hydrogen-bond donors (Lipinski definition) is 0. The molecule has 3 nitrogen and oxygen atoms in total. The average Bonchev–Trinajstić information content (AvgIpc) is 2.90. The Balaban J connectivity index is 1.40. The lowest BCUT2D eigenvalue weighted by Gasteiger charge is -2.25. The largest absolute Gasteiger partial charge is 0.311 e. The van der Waals surface area contributed by atoms with E-state index in [1.165, 1.54) is 0 Å². The molecule has 2 heterocycles. The van der Waals surface area contributed by atoms with Crippen LogP contribution in [-0.4, -0.2) is 9.97 Å². The zero-order chi connectivity index (χ0) is 22.3. The van der Waals surface area contributed by atoms with Gasteiger partial charge in [0.1, 0.15) is 0 Å². The average molecular weight is 426 g/mol. The van der Waals surface area contributed by atoms with Crippen LogP contribution in [0, 0.1) is 0 Å². The van der Waals surface area contributed by atoms with Crippen LogP contribution in [0.25, 0.3) is 23.5 Å². The molecule has 0 spiro atoms. The highest BCUT2D eigenvalue weighted by atomic mass is 15.1. The van der Waals surface area contributed by atoms with E-state index >= 15 is 0 Å². The number of rotatable bonds is 6. The molecule has 0 N–H and O–H groups in total. The summed E-state index contributed by atoms with van der Waals surface area (Å²) in [5.41, 5.74) is 7.34. The van der Waals surface area contributed by atoms with Crippen LogP contribution in [0.1, 0.15) is 11.1 Å². The smallest absolute Gasteiger partial charge is 0.0892 e. The molecule has 33 heavy (non-hydrogen) atoms. The number of anilines is 3. The summed E-state index contributed by atoms with van der Waals surface area (Å²) >= 11 is 0. The predicted molar refractivity (Wildman–Crippen MR) is 138 cm³/mol. The third-order valence-electron chi connectivity index (χ3n) is 5.36. The van der Waals surface area contributed by atoms with Gasteiger partial charge in [0.25, 0.3) is 0 Å². The zero-order valence-electron chi connectivity index (χ0n) is 18.1. The van der Waals surface area contributed by atoms with E-state index in [1.807, 2.05) is 42.6 Å². The highest BCUT2D eigenvalue weighted by Gasteiger charge is 2.11. The molecule has 0 aliphatic heterocycles. The fraction of sp³-hybridized carbons (Fsp3) is 0. The van der Waals surface area contributed by atoms with Crippen LogP contribution in [0.15, 0.2) is 128 Å². The molecule has 0 bridgehead atoms. The molecular weight excluding hydrogens is 402 g/mol. The van der Waals surface area contributed by atoms with E-state index in [9.17, 15) is 0 Å². The van der Waals surface area contributed by atoms with Crippen molar-refractivity contribution in [1.29, 1.82) is 0 Å². The van der Waals surface area contributed by atoms with Gasteiger partial charge in [0.2, 0.25) is 0 Å². The minimum Gasteiger partial charge on any atom is -0.311 e. The summed E-state index contributed by atoms with van der Waals surface area (Å²) < 4.78 is 0. The SMILES string of the molecule is C(=Cc1ccnc(-c2ccccn2)c1)c1ccc(N(c2ccccc2)c2ccccc2)cc1. The highest BCUT2D eigenvalue weighted by molar-refractivity contribution is 5.78. The van der Waals surface area contributed by atoms with Gasteiger partial charge in [-0.2, -0.15) is 0 Å². The molecule has 5 rings (SSSR count). The maximum absolute atomic E-state index is 4.45. The van der Waals surface area contributed by atoms with Crippen molar-refractivity contribution in [2.24, 2.45) is 0 Å². The first kappa shape index (κ1) is 20.4. The fourth-order valence-corrected chi connectivity index (χ4v) is 3.73. The van der Waals surface area contributed by atoms with Crippen LogP contribution < -0.4 is 4.90 Å². The zero-order valence-corrected chi connectivity index (χ0v) is 18.1. The summed E-state index contributed by atoms with van der Waals surface area (Å²) in [4.78, 5) is 11.1. The van der Waals surface area contributed by atoms with Crippen molar-refractivity contribution >= 4 is 29.2 Å². The number of benzene rings is 3. The van der Waals surface area contributed by atoms with E-state index in [0.29, 0.717) is 0 Å². The topological polar surface area (TPSA) is 29.0 Å². The van der Waals surface area contributed by atoms with E-state index in [1.54, 1.807) is 6.20 Å². The molecule has 0 aliphatic rings. The normalized spacial score (nSPS) is 10.9. The van der Waals surface area contributed by atoms with Gasteiger partial charge in [0.05, 0.1) is 11.4 Å². The van der Waals surface area contributed by atoms with Crippen molar-refractivity contribution in [1.82, 2.24) is 9.97 Å². The molecule has 0 atom stereocenters. The highest BCUT2D eigenvalue weighted by Crippen LogP contribution is 2.34. The van der Waals surface area contributed by atoms with Crippen molar-refractivity contribution in [3.05, 3.63) is 139 Å². The number of para-hydroxylation sites is 2. The monoisotopic (exact) mass is 425 g/mol. The molecule has 0 saturated carbocycles. The van der Waals surface area contributed by atoms with Crippen molar-refractivity contribution < 1.29 is 0 Å². The first-order chi connectivity index (χ1) is 16.4. The summed E-state index contributed by atoms with van der Waals surface area (Å²) in [7, 11) is 0. The Morgan fingerprint density at radius 1 is 0.455 bits per heavy atom. The summed E-state index contributed by atoms with van der Waals surface area (Å²) in [6, 6.07) is 39.4. The first-order valence-corrected chi connectivity index (χ1v) is 10.9. The van der Waals surface area contributed by atoms with E-state index in [-0.39, 0.29) is 0 Å². The molecule has 158 valence electrons. The minimum atomic E-state index is 0.870. The molecular formula is C30H23N3. The van der Waals surface area contributed by atoms with Gasteiger partial charge < -0.3 is 4.90 Å². The second-order valence-corrected chi connectivity index (χ2v) is 7.62. The summed E-state index contributed by atoms with van der Waals surface area (Å²) in [6.07, 6.45) is 7.84. The van der Waals surface area contributed by atoms with Crippen molar-refractivity contribution in [3.63, 3.8) is 0 Å². The predicted octanol–water partition coefficient (Wildman–Crippen LogP) is 7.78. The van der Waals surface area contributed by atoms with Crippen LogP contribution in [0.3, 0.4) is 0 Å². The lowest BCUT2D eigenvalue weighted by molar-refractivity contribution is 1.24. The lowest BCUT2D eigenvalue weighted by Crippen LogP contribution is -2.09. The van der Waals surface area contributed by atoms with E-state index in [2.05, 4.69) is 106 Å². The summed E-state index contributed by atoms with van der Waals surface area (Å²) in [6.45, 7) is 0. The van der Waals surface area contributed by atoms with Crippen LogP contribution >= 0.6 is 0 Å². The molecule has 0 aliphatic carbocycles. The second-order valence-electron chi connectivity index (χ2n) is 7.62. The Morgan fingerprint density at radius 2 is 1.03 bits per heavy atom. The van der Waals surface area contributed by atoms with Gasteiger partial charge in [-0.05, 0) is 71.8 Å². The fourth-order valence-electron chi connectivity index (χ4n) is 3.73. The van der Waals surface area contributed by atoms with Gasteiger partial charge in [-0.15, -0.1) is 0 Å². The Bertz CT molecular complexity index is 1290. The van der Waals surface area contributed by atoms with Gasteiger partial charge in [-0.25, -0.2) is 0 Å². The maximum atomic E-state index is 4.45. The molecule has 3 aromatic carbocycles. The first-order valence-electron chi connectivity index (χ1n) is 10.9. The van der Waals surface area contributed by atoms with Gasteiger partial charge in [-0.1, -0.05) is 66.7 Å². The van der Waals surface area contributed by atoms with E-state index in [0.717, 1.165) is 39.6 Å². The second kappa shape index (κ2) is 9.75. The van der Waals surface area contributed by atoms with Gasteiger partial charge in [-0.3, -0.25) is 9.97 Å². The Kier molecular flexibility index (Phi) is 6.03. The van der Waals surface area contributed by atoms with Gasteiger partial charge in [0.15, 0.2) is 0 Å². The minimum absolute atomic E-state index is 0.870. The Hall–Kier alpha value is -4.50. The molecule has 5 aromatic rings. The van der Waals surface area contributed by atoms with Crippen LogP contribution in [0.4, 0.5) is 17.1 Å². The molecule has 0 fully saturated rings. The molecule has 0 unspecified atom stereocenters. The van der Waals surface area contributed by atoms with Crippen LogP contribution in [0.2, 0.25) is 0 Å². The van der Waals surface area contributed by atoms with Gasteiger partial charge in [0, 0.05) is 29.5 Å². The molecule has 0 amide bonds. The van der Waals surface area contributed by atoms with Crippen LogP contribution in [-0.2, 0) is 0 Å². The molecule has 2 aromatic heterocycles. The van der Waals surface area contributed by atoms with E-state index in [4.69, 9.17) is 0 Å². The van der Waals surface area contributed by atoms with Crippen molar-refractivity contribution in [3.8, 4) is 11.4 Å². The standard InChI is InChI=1S/C30H23N3/c1-3-9-26(10-4-1)33(27-11-5-2-6-12-27)28-18-16-24(17-19-28)14-15-25-20-22-32-30(23-25)29-13-7-8-21-31-29/h1-23H. The van der Waals surface area contributed by atoms with Crippen LogP contribution in [0.5, 0.6) is 0 Å². The lowest BCUT2D eigenvalue weighted by atomic mass is 10.1. The number of hydrogen-bond acceptors (Lipinski definition) is 3. The van der Waals surface area contributed by atoms with E-state index < -0.39 is 0 Å².